The number of anilines is 2. The van der Waals surface area contributed by atoms with Gasteiger partial charge in [0.15, 0.2) is 12.4 Å². The molecule has 2 heterocycles. The summed E-state index contributed by atoms with van der Waals surface area (Å²) >= 11 is 0. The summed E-state index contributed by atoms with van der Waals surface area (Å²) in [6.07, 6.45) is 2.43. The lowest BCUT2D eigenvalue weighted by Gasteiger charge is -2.19. The predicted octanol–water partition coefficient (Wildman–Crippen LogP) is 3.81. The van der Waals surface area contributed by atoms with E-state index < -0.39 is 5.97 Å². The van der Waals surface area contributed by atoms with Gasteiger partial charge in [-0.3, -0.25) is 4.79 Å². The maximum Gasteiger partial charge on any atom is 0.344 e. The first kappa shape index (κ1) is 19.9. The van der Waals surface area contributed by atoms with Gasteiger partial charge in [0.25, 0.3) is 5.91 Å². The number of ether oxygens (including phenoxy) is 1. The van der Waals surface area contributed by atoms with Gasteiger partial charge in [-0.15, -0.1) is 0 Å². The van der Waals surface area contributed by atoms with E-state index in [2.05, 4.69) is 21.4 Å². The second-order valence-corrected chi connectivity index (χ2v) is 7.48. The number of carbonyl (C=O) groups is 2. The summed E-state index contributed by atoms with van der Waals surface area (Å²) in [5.74, 6) is -0.519. The highest BCUT2D eigenvalue weighted by molar-refractivity contribution is 5.96. The molecule has 1 aliphatic rings. The lowest BCUT2D eigenvalue weighted by Crippen LogP contribution is -2.22. The Morgan fingerprint density at radius 2 is 1.96 bits per heavy atom. The Hall–Kier alpha value is -2.83. The van der Waals surface area contributed by atoms with Crippen molar-refractivity contribution in [3.05, 3.63) is 40.8 Å². The van der Waals surface area contributed by atoms with E-state index in [0.717, 1.165) is 18.7 Å². The highest BCUT2D eigenvalue weighted by Crippen LogP contribution is 2.26. The van der Waals surface area contributed by atoms with E-state index in [1.165, 1.54) is 18.5 Å². The fourth-order valence-corrected chi connectivity index (χ4v) is 3.38. The Kier molecular flexibility index (Phi) is 6.02. The highest BCUT2D eigenvalue weighted by atomic mass is 16.5. The van der Waals surface area contributed by atoms with Crippen molar-refractivity contribution in [2.75, 3.05) is 29.9 Å². The minimum atomic E-state index is -0.598. The number of aromatic nitrogens is 1. The fraction of sp³-hybridized carbons (Fsp3) is 0.476. The van der Waals surface area contributed by atoms with Crippen LogP contribution in [0.5, 0.6) is 0 Å². The molecule has 0 unspecified atom stereocenters. The number of esters is 1. The first-order valence-electron chi connectivity index (χ1n) is 9.65. The number of hydrogen-bond donors (Lipinski definition) is 1. The summed E-state index contributed by atoms with van der Waals surface area (Å²) < 4.78 is 10.4. The fourth-order valence-electron chi connectivity index (χ4n) is 3.38. The SMILES string of the molecule is Cc1cc(N2CCCC2)ccc1NC(=O)COC(=O)c1c(C)noc1C(C)C. The van der Waals surface area contributed by atoms with E-state index in [1.807, 2.05) is 32.9 Å². The average molecular weight is 385 g/mol. The van der Waals surface area contributed by atoms with Crippen molar-refractivity contribution in [2.24, 2.45) is 0 Å². The zero-order valence-electron chi connectivity index (χ0n) is 16.9. The summed E-state index contributed by atoms with van der Waals surface area (Å²) in [6.45, 7) is 9.21. The molecule has 1 aliphatic heterocycles. The van der Waals surface area contributed by atoms with Crippen LogP contribution in [0.2, 0.25) is 0 Å². The predicted molar refractivity (Wildman–Crippen MR) is 107 cm³/mol. The molecule has 1 aromatic heterocycles. The molecule has 1 N–H and O–H groups in total. The molecule has 0 spiro atoms. The van der Waals surface area contributed by atoms with E-state index in [-0.39, 0.29) is 18.4 Å². The molecule has 1 saturated heterocycles. The molecule has 3 rings (SSSR count). The summed E-state index contributed by atoms with van der Waals surface area (Å²) in [4.78, 5) is 26.9. The Bertz CT molecular complexity index is 867. The molecule has 0 atom stereocenters. The maximum atomic E-state index is 12.4. The average Bonchev–Trinajstić information content (AvgIpc) is 3.31. The molecule has 1 amide bonds. The third-order valence-electron chi connectivity index (χ3n) is 4.91. The monoisotopic (exact) mass is 385 g/mol. The number of amides is 1. The van der Waals surface area contributed by atoms with Crippen LogP contribution in [0.4, 0.5) is 11.4 Å². The Morgan fingerprint density at radius 1 is 1.25 bits per heavy atom. The Labute approximate surface area is 165 Å². The molecule has 150 valence electrons. The van der Waals surface area contributed by atoms with Gasteiger partial charge in [0, 0.05) is 30.4 Å². The molecule has 28 heavy (non-hydrogen) atoms. The van der Waals surface area contributed by atoms with E-state index >= 15 is 0 Å². The molecule has 0 bridgehead atoms. The van der Waals surface area contributed by atoms with Crippen LogP contribution in [0.25, 0.3) is 0 Å². The van der Waals surface area contributed by atoms with Crippen molar-refractivity contribution in [1.29, 1.82) is 0 Å². The normalized spacial score (nSPS) is 13.8. The van der Waals surface area contributed by atoms with E-state index in [1.54, 1.807) is 6.92 Å². The number of rotatable bonds is 6. The Balaban J connectivity index is 1.59. The molecular weight excluding hydrogens is 358 g/mol. The van der Waals surface area contributed by atoms with Crippen molar-refractivity contribution in [1.82, 2.24) is 5.16 Å². The highest BCUT2D eigenvalue weighted by Gasteiger charge is 2.24. The summed E-state index contributed by atoms with van der Waals surface area (Å²) in [7, 11) is 0. The van der Waals surface area contributed by atoms with Gasteiger partial charge in [0.1, 0.15) is 5.56 Å². The zero-order valence-corrected chi connectivity index (χ0v) is 16.9. The second kappa shape index (κ2) is 8.46. The maximum absolute atomic E-state index is 12.4. The van der Waals surface area contributed by atoms with Gasteiger partial charge >= 0.3 is 5.97 Å². The third-order valence-corrected chi connectivity index (χ3v) is 4.91. The molecule has 1 fully saturated rings. The van der Waals surface area contributed by atoms with Gasteiger partial charge in [-0.25, -0.2) is 4.79 Å². The molecule has 1 aromatic carbocycles. The van der Waals surface area contributed by atoms with Gasteiger partial charge < -0.3 is 19.5 Å². The number of nitrogens with one attached hydrogen (secondary N) is 1. The van der Waals surface area contributed by atoms with Crippen LogP contribution in [0.15, 0.2) is 22.7 Å². The van der Waals surface area contributed by atoms with Crippen LogP contribution >= 0.6 is 0 Å². The van der Waals surface area contributed by atoms with Crippen LogP contribution in [0, 0.1) is 13.8 Å². The summed E-state index contributed by atoms with van der Waals surface area (Å²) in [5, 5.41) is 6.63. The van der Waals surface area contributed by atoms with Crippen molar-refractivity contribution in [3.8, 4) is 0 Å². The van der Waals surface area contributed by atoms with Crippen LogP contribution < -0.4 is 10.2 Å². The number of carbonyl (C=O) groups excluding carboxylic acids is 2. The molecule has 7 nitrogen and oxygen atoms in total. The van der Waals surface area contributed by atoms with Gasteiger partial charge in [0.05, 0.1) is 5.69 Å². The standard InChI is InChI=1S/C21H27N3O4/c1-13(2)20-19(15(4)23-28-20)21(26)27-12-18(25)22-17-8-7-16(11-14(17)3)24-9-5-6-10-24/h7-8,11,13H,5-6,9-10,12H2,1-4H3,(H,22,25). The number of hydrogen-bond acceptors (Lipinski definition) is 6. The molecular formula is C21H27N3O4. The number of aryl methyl sites for hydroxylation is 2. The second-order valence-electron chi connectivity index (χ2n) is 7.48. The lowest BCUT2D eigenvalue weighted by molar-refractivity contribution is -0.119. The number of nitrogens with zero attached hydrogens (tertiary/aromatic N) is 2. The largest absolute Gasteiger partial charge is 0.452 e. The van der Waals surface area contributed by atoms with Crippen LogP contribution in [-0.2, 0) is 9.53 Å². The molecule has 0 saturated carbocycles. The topological polar surface area (TPSA) is 84.7 Å². The van der Waals surface area contributed by atoms with Gasteiger partial charge in [-0.05, 0) is 50.5 Å². The summed E-state index contributed by atoms with van der Waals surface area (Å²) in [5.41, 5.74) is 3.62. The van der Waals surface area contributed by atoms with Crippen LogP contribution in [0.1, 0.15) is 60.0 Å². The van der Waals surface area contributed by atoms with Crippen LogP contribution in [-0.4, -0.2) is 36.7 Å². The quantitative estimate of drug-likeness (QED) is 0.761. The smallest absolute Gasteiger partial charge is 0.344 e. The van der Waals surface area contributed by atoms with E-state index in [9.17, 15) is 9.59 Å². The lowest BCUT2D eigenvalue weighted by atomic mass is 10.1. The molecule has 0 aliphatic carbocycles. The van der Waals surface area contributed by atoms with E-state index in [4.69, 9.17) is 9.26 Å². The van der Waals surface area contributed by atoms with Gasteiger partial charge in [0.2, 0.25) is 0 Å². The van der Waals surface area contributed by atoms with Gasteiger partial charge in [-0.2, -0.15) is 0 Å². The van der Waals surface area contributed by atoms with Crippen LogP contribution in [0.3, 0.4) is 0 Å². The summed E-state index contributed by atoms with van der Waals surface area (Å²) in [6, 6.07) is 5.97. The van der Waals surface area contributed by atoms with E-state index in [0.29, 0.717) is 22.7 Å². The zero-order chi connectivity index (χ0) is 20.3. The molecule has 7 heteroatoms. The first-order chi connectivity index (χ1) is 13.4. The van der Waals surface area contributed by atoms with Crippen molar-refractivity contribution in [3.63, 3.8) is 0 Å². The first-order valence-corrected chi connectivity index (χ1v) is 9.65. The van der Waals surface area contributed by atoms with Crippen molar-refractivity contribution < 1.29 is 18.8 Å². The van der Waals surface area contributed by atoms with Crippen molar-refractivity contribution in [2.45, 2.75) is 46.5 Å². The minimum absolute atomic E-state index is 0.00523. The van der Waals surface area contributed by atoms with Crippen molar-refractivity contribution >= 4 is 23.3 Å². The molecule has 0 radical (unpaired) electrons. The Morgan fingerprint density at radius 3 is 2.61 bits per heavy atom. The third kappa shape index (κ3) is 4.35. The number of benzene rings is 1. The van der Waals surface area contributed by atoms with Gasteiger partial charge in [-0.1, -0.05) is 19.0 Å². The molecule has 2 aromatic rings. The minimum Gasteiger partial charge on any atom is -0.452 e.